The minimum atomic E-state index is -1.10. The maximum absolute atomic E-state index is 11.9. The lowest BCUT2D eigenvalue weighted by Crippen LogP contribution is -2.27. The molecule has 1 amide bonds. The third-order valence-electron chi connectivity index (χ3n) is 2.99. The zero-order valence-corrected chi connectivity index (χ0v) is 12.9. The molecule has 1 atom stereocenters. The number of hydrogen-bond donors (Lipinski definition) is 2. The number of carbonyl (C=O) groups excluding carboxylic acids is 1. The van der Waals surface area contributed by atoms with Crippen LogP contribution in [0.1, 0.15) is 16.8 Å². The number of carbonyl (C=O) groups is 2. The van der Waals surface area contributed by atoms with E-state index in [-0.39, 0.29) is 30.4 Å². The van der Waals surface area contributed by atoms with Gasteiger partial charge in [0.05, 0.1) is 11.3 Å². The van der Waals surface area contributed by atoms with Gasteiger partial charge in [-0.1, -0.05) is 15.9 Å². The molecular weight excluding hydrogens is 382 g/mol. The number of carboxylic acid groups (broad SMARTS) is 1. The predicted molar refractivity (Wildman–Crippen MR) is 76.3 cm³/mol. The highest BCUT2D eigenvalue weighted by atomic mass is 79.9. The number of halogens is 2. The van der Waals surface area contributed by atoms with Gasteiger partial charge in [-0.05, 0) is 28.1 Å². The van der Waals surface area contributed by atoms with Crippen LogP contribution < -0.4 is 4.90 Å². The van der Waals surface area contributed by atoms with Crippen LogP contribution in [0.2, 0.25) is 0 Å². The first-order chi connectivity index (χ1) is 8.93. The Hall–Kier alpha value is -0.920. The van der Waals surface area contributed by atoms with Crippen LogP contribution in [-0.2, 0) is 4.79 Å². The molecule has 0 aromatic heterocycles. The normalized spacial score (nSPS) is 19.0. The molecule has 1 saturated heterocycles. The van der Waals surface area contributed by atoms with Gasteiger partial charge in [0.15, 0.2) is 0 Å². The molecule has 5 nitrogen and oxygen atoms in total. The Morgan fingerprint density at radius 3 is 2.63 bits per heavy atom. The van der Waals surface area contributed by atoms with Gasteiger partial charge in [0.25, 0.3) is 0 Å². The Balaban J connectivity index is 2.50. The summed E-state index contributed by atoms with van der Waals surface area (Å²) < 4.78 is 1.15. The monoisotopic (exact) mass is 391 g/mol. The van der Waals surface area contributed by atoms with Crippen LogP contribution in [-0.4, -0.2) is 35.2 Å². The highest BCUT2D eigenvalue weighted by Crippen LogP contribution is 2.37. The summed E-state index contributed by atoms with van der Waals surface area (Å²) in [6.07, 6.45) is 0.234. The van der Waals surface area contributed by atoms with Crippen LogP contribution >= 0.6 is 31.9 Å². The van der Waals surface area contributed by atoms with Crippen LogP contribution in [0.15, 0.2) is 21.1 Å². The number of amides is 1. The van der Waals surface area contributed by atoms with Crippen molar-refractivity contribution in [1.82, 2.24) is 0 Å². The average Bonchev–Trinajstić information content (AvgIpc) is 2.69. The quantitative estimate of drug-likeness (QED) is 0.826. The van der Waals surface area contributed by atoms with Gasteiger partial charge < -0.3 is 15.1 Å². The Morgan fingerprint density at radius 1 is 1.42 bits per heavy atom. The number of rotatable bonds is 3. The molecule has 2 N–H and O–H groups in total. The third-order valence-corrected chi connectivity index (χ3v) is 4.05. The lowest BCUT2D eigenvalue weighted by molar-refractivity contribution is -0.117. The molecule has 1 fully saturated rings. The zero-order valence-electron chi connectivity index (χ0n) is 9.77. The van der Waals surface area contributed by atoms with Crippen molar-refractivity contribution < 1.29 is 19.8 Å². The largest absolute Gasteiger partial charge is 0.478 e. The molecule has 0 spiro atoms. The smallest absolute Gasteiger partial charge is 0.337 e. The van der Waals surface area contributed by atoms with Crippen LogP contribution in [0, 0.1) is 5.92 Å². The Morgan fingerprint density at radius 2 is 2.11 bits per heavy atom. The molecule has 0 saturated carbocycles. The van der Waals surface area contributed by atoms with Gasteiger partial charge in [0, 0.05) is 34.4 Å². The molecule has 1 aromatic carbocycles. The van der Waals surface area contributed by atoms with Gasteiger partial charge in [-0.2, -0.15) is 0 Å². The summed E-state index contributed by atoms with van der Waals surface area (Å²) in [5.41, 5.74) is 0.393. The lowest BCUT2D eigenvalue weighted by Gasteiger charge is -2.20. The minimum absolute atomic E-state index is 0.0492. The standard InChI is InChI=1S/C12H11Br2NO4/c13-7-2-8(12(18)19)11(9(14)3-7)15-4-6(5-16)1-10(15)17/h2-3,6,16H,1,4-5H2,(H,18,19). The molecule has 1 aliphatic rings. The van der Waals surface area contributed by atoms with Gasteiger partial charge in [-0.3, -0.25) is 4.79 Å². The van der Waals surface area contributed by atoms with E-state index in [0.29, 0.717) is 21.2 Å². The molecule has 0 aliphatic carbocycles. The summed E-state index contributed by atoms with van der Waals surface area (Å²) in [5, 5.41) is 18.4. The highest BCUT2D eigenvalue weighted by Gasteiger charge is 2.33. The second-order valence-corrected chi connectivity index (χ2v) is 6.12. The van der Waals surface area contributed by atoms with Crippen LogP contribution in [0.25, 0.3) is 0 Å². The van der Waals surface area contributed by atoms with Crippen molar-refractivity contribution in [1.29, 1.82) is 0 Å². The van der Waals surface area contributed by atoms with Gasteiger partial charge in [-0.15, -0.1) is 0 Å². The van der Waals surface area contributed by atoms with Gasteiger partial charge in [-0.25, -0.2) is 4.79 Å². The van der Waals surface area contributed by atoms with E-state index >= 15 is 0 Å². The molecule has 7 heteroatoms. The van der Waals surface area contributed by atoms with E-state index in [9.17, 15) is 14.7 Å². The summed E-state index contributed by atoms with van der Waals surface area (Å²) in [5.74, 6) is -1.42. The molecule has 1 aliphatic heterocycles. The van der Waals surface area contributed by atoms with Gasteiger partial charge >= 0.3 is 5.97 Å². The predicted octanol–water partition coefficient (Wildman–Crippen LogP) is 2.25. The number of benzene rings is 1. The summed E-state index contributed by atoms with van der Waals surface area (Å²) in [7, 11) is 0. The first-order valence-corrected chi connectivity index (χ1v) is 7.16. The third kappa shape index (κ3) is 2.82. The second-order valence-electron chi connectivity index (χ2n) is 4.35. The summed E-state index contributed by atoms with van der Waals surface area (Å²) >= 11 is 6.52. The maximum Gasteiger partial charge on any atom is 0.337 e. The summed E-state index contributed by atoms with van der Waals surface area (Å²) in [6.45, 7) is 0.245. The first kappa shape index (κ1) is 14.5. The molecule has 0 bridgehead atoms. The van der Waals surface area contributed by atoms with E-state index < -0.39 is 5.97 Å². The van der Waals surface area contributed by atoms with Gasteiger partial charge in [0.1, 0.15) is 0 Å². The zero-order chi connectivity index (χ0) is 14.2. The lowest BCUT2D eigenvalue weighted by atomic mass is 10.1. The topological polar surface area (TPSA) is 77.8 Å². The number of aromatic carboxylic acids is 1. The van der Waals surface area contributed by atoms with Crippen molar-refractivity contribution in [2.24, 2.45) is 5.92 Å². The van der Waals surface area contributed by atoms with Crippen LogP contribution in [0.4, 0.5) is 5.69 Å². The fourth-order valence-electron chi connectivity index (χ4n) is 2.12. The maximum atomic E-state index is 11.9. The van der Waals surface area contributed by atoms with Crippen molar-refractivity contribution in [2.45, 2.75) is 6.42 Å². The number of aliphatic hydroxyl groups is 1. The van der Waals surface area contributed by atoms with Crippen molar-refractivity contribution >= 4 is 49.4 Å². The number of hydrogen-bond acceptors (Lipinski definition) is 3. The van der Waals surface area contributed by atoms with Gasteiger partial charge in [0.2, 0.25) is 5.91 Å². The summed E-state index contributed by atoms with van der Waals surface area (Å²) in [6, 6.07) is 3.16. The molecule has 19 heavy (non-hydrogen) atoms. The van der Waals surface area contributed by atoms with E-state index in [1.165, 1.54) is 11.0 Å². The fourth-order valence-corrected chi connectivity index (χ4v) is 3.56. The SMILES string of the molecule is O=C(O)c1cc(Br)cc(Br)c1N1CC(CO)CC1=O. The van der Waals surface area contributed by atoms with Crippen LogP contribution in [0.3, 0.4) is 0 Å². The summed E-state index contributed by atoms with van der Waals surface area (Å²) in [4.78, 5) is 24.7. The number of anilines is 1. The molecule has 0 radical (unpaired) electrons. The molecule has 102 valence electrons. The fraction of sp³-hybridized carbons (Fsp3) is 0.333. The van der Waals surface area contributed by atoms with E-state index in [4.69, 9.17) is 5.11 Å². The van der Waals surface area contributed by atoms with E-state index in [0.717, 1.165) is 0 Å². The Labute approximate surface area is 126 Å². The second kappa shape index (κ2) is 5.60. The number of carboxylic acids is 1. The molecule has 2 rings (SSSR count). The van der Waals surface area contributed by atoms with Crippen LogP contribution in [0.5, 0.6) is 0 Å². The average molecular weight is 393 g/mol. The molecule has 1 heterocycles. The number of aliphatic hydroxyl groups excluding tert-OH is 1. The molecule has 1 aromatic rings. The van der Waals surface area contributed by atoms with Crippen molar-refractivity contribution in [3.8, 4) is 0 Å². The minimum Gasteiger partial charge on any atom is -0.478 e. The molecule has 1 unspecified atom stereocenters. The highest BCUT2D eigenvalue weighted by molar-refractivity contribution is 9.11. The van der Waals surface area contributed by atoms with Crippen molar-refractivity contribution in [3.05, 3.63) is 26.6 Å². The Bertz CT molecular complexity index is 547. The van der Waals surface area contributed by atoms with Crippen molar-refractivity contribution in [3.63, 3.8) is 0 Å². The first-order valence-electron chi connectivity index (χ1n) is 5.57. The van der Waals surface area contributed by atoms with E-state index in [2.05, 4.69) is 31.9 Å². The Kier molecular flexibility index (Phi) is 4.27. The van der Waals surface area contributed by atoms with E-state index in [1.54, 1.807) is 6.07 Å². The van der Waals surface area contributed by atoms with E-state index in [1.807, 2.05) is 0 Å². The van der Waals surface area contributed by atoms with Crippen molar-refractivity contribution in [2.75, 3.05) is 18.1 Å². The number of nitrogens with zero attached hydrogens (tertiary/aromatic N) is 1. The molecular formula is C12H11Br2NO4.